The maximum Gasteiger partial charge on any atom is 0.322 e. The molecule has 3 atom stereocenters. The molecular formula is C16H22N6O6. The number of likely N-dealkylation sites (tertiary alicyclic amines) is 1. The lowest BCUT2D eigenvalue weighted by molar-refractivity contribution is -0.240. The number of β-amino-alcohol motifs (C(OH)–C–C–N with tert-alkyl or cyclic N) is 1. The highest BCUT2D eigenvalue weighted by Gasteiger charge is 2.55. The molecule has 12 nitrogen and oxygen atoms in total. The van der Waals surface area contributed by atoms with Gasteiger partial charge >= 0.3 is 6.03 Å². The van der Waals surface area contributed by atoms with Gasteiger partial charge in [0.15, 0.2) is 11.5 Å². The summed E-state index contributed by atoms with van der Waals surface area (Å²) >= 11 is 0. The predicted molar refractivity (Wildman–Crippen MR) is 92.7 cm³/mol. The molecule has 0 radical (unpaired) electrons. The van der Waals surface area contributed by atoms with Crippen molar-refractivity contribution in [2.45, 2.75) is 37.3 Å². The van der Waals surface area contributed by atoms with Crippen molar-refractivity contribution in [3.05, 3.63) is 23.0 Å². The molecule has 7 N–H and O–H groups in total. The quantitative estimate of drug-likeness (QED) is 0.273. The van der Waals surface area contributed by atoms with Crippen molar-refractivity contribution >= 4 is 11.9 Å². The number of piperidine rings is 1. The zero-order valence-electron chi connectivity index (χ0n) is 15.4. The molecule has 152 valence electrons. The summed E-state index contributed by atoms with van der Waals surface area (Å²) in [5, 5.41) is 58.3. The molecule has 3 unspecified atom stereocenters. The van der Waals surface area contributed by atoms with Gasteiger partial charge in [0, 0.05) is 13.6 Å². The van der Waals surface area contributed by atoms with Crippen LogP contribution < -0.4 is 16.0 Å². The van der Waals surface area contributed by atoms with Crippen molar-refractivity contribution in [1.29, 1.82) is 5.26 Å². The van der Waals surface area contributed by atoms with Crippen LogP contribution in [0.15, 0.2) is 23.0 Å². The van der Waals surface area contributed by atoms with Gasteiger partial charge < -0.3 is 40.9 Å². The normalized spacial score (nSPS) is 32.2. The van der Waals surface area contributed by atoms with E-state index in [1.165, 1.54) is 18.9 Å². The lowest BCUT2D eigenvalue weighted by Gasteiger charge is -2.54. The van der Waals surface area contributed by atoms with Crippen molar-refractivity contribution in [1.82, 2.24) is 25.8 Å². The molecule has 0 bridgehead atoms. The number of rotatable bonds is 3. The van der Waals surface area contributed by atoms with Gasteiger partial charge in [0.25, 0.3) is 0 Å². The summed E-state index contributed by atoms with van der Waals surface area (Å²) in [4.78, 5) is 26.5. The summed E-state index contributed by atoms with van der Waals surface area (Å²) in [7, 11) is 1.38. The van der Waals surface area contributed by atoms with Crippen LogP contribution in [0.5, 0.6) is 0 Å². The highest BCUT2D eigenvalue weighted by Crippen LogP contribution is 2.38. The number of hydrogen-bond acceptors (Lipinski definition) is 9. The third-order valence-corrected chi connectivity index (χ3v) is 5.43. The van der Waals surface area contributed by atoms with Gasteiger partial charge in [0.05, 0.1) is 18.2 Å². The molecule has 1 fully saturated rings. The molecule has 0 aromatic rings. The minimum absolute atomic E-state index is 0.00850. The third-order valence-electron chi connectivity index (χ3n) is 5.43. The second kappa shape index (κ2) is 6.47. The highest BCUT2D eigenvalue weighted by atomic mass is 16.4. The van der Waals surface area contributed by atoms with Crippen LogP contribution in [0.25, 0.3) is 0 Å². The lowest BCUT2D eigenvalue weighted by atomic mass is 9.83. The van der Waals surface area contributed by atoms with E-state index >= 15 is 0 Å². The number of likely N-dealkylation sites (N-methyl/N-ethyl adjacent to an activating group) is 1. The van der Waals surface area contributed by atoms with Crippen LogP contribution in [-0.2, 0) is 4.79 Å². The van der Waals surface area contributed by atoms with Gasteiger partial charge in [0.2, 0.25) is 11.8 Å². The zero-order chi connectivity index (χ0) is 20.9. The summed E-state index contributed by atoms with van der Waals surface area (Å²) in [5.74, 6) is -1.64. The number of carbonyl (C=O) groups is 2. The number of urea groups is 1. The Bertz CT molecular complexity index is 830. The predicted octanol–water partition coefficient (Wildman–Crippen LogP) is -1.76. The maximum atomic E-state index is 12.1. The molecule has 3 aliphatic rings. The molecule has 3 heterocycles. The summed E-state index contributed by atoms with van der Waals surface area (Å²) < 4.78 is 0. The van der Waals surface area contributed by atoms with Crippen molar-refractivity contribution in [3.8, 4) is 6.07 Å². The standard InChI is InChI=1S/C16H22N6O6/c1-15(27)4-6-22(8(23)3-5-17)7-16(15,28)21(2)12-9-10(24)13(25)18-11(9)19-14(26)20-12/h11,18,24-25,27-28H,3-4,6-7H2,1-2H3,(H2,19,20,26). The van der Waals surface area contributed by atoms with Crippen LogP contribution in [0.1, 0.15) is 19.8 Å². The SMILES string of the molecule is CN(C1=C2C(O)=C(O)NC2NC(=O)N1)C1(O)CN(C(=O)CC#N)CCC1(C)O. The van der Waals surface area contributed by atoms with E-state index in [0.717, 1.165) is 4.90 Å². The molecule has 3 aliphatic heterocycles. The molecule has 0 aliphatic carbocycles. The molecule has 0 saturated carbocycles. The first-order chi connectivity index (χ1) is 13.0. The van der Waals surface area contributed by atoms with Gasteiger partial charge in [-0.05, 0) is 13.3 Å². The number of nitrogens with one attached hydrogen (secondary N) is 3. The first-order valence-corrected chi connectivity index (χ1v) is 8.56. The fourth-order valence-corrected chi connectivity index (χ4v) is 3.62. The summed E-state index contributed by atoms with van der Waals surface area (Å²) in [6, 6.07) is 1.09. The Kier molecular flexibility index (Phi) is 4.52. The van der Waals surface area contributed by atoms with Gasteiger partial charge in [-0.2, -0.15) is 5.26 Å². The molecule has 0 aromatic carbocycles. The number of amides is 3. The number of hydrogen-bond donors (Lipinski definition) is 7. The monoisotopic (exact) mass is 394 g/mol. The first kappa shape index (κ1) is 19.6. The molecule has 28 heavy (non-hydrogen) atoms. The maximum absolute atomic E-state index is 12.1. The van der Waals surface area contributed by atoms with E-state index < -0.39 is 41.1 Å². The average molecular weight is 394 g/mol. The van der Waals surface area contributed by atoms with Crippen LogP contribution in [0.3, 0.4) is 0 Å². The van der Waals surface area contributed by atoms with E-state index in [1.54, 1.807) is 6.07 Å². The van der Waals surface area contributed by atoms with E-state index in [-0.39, 0.29) is 37.3 Å². The number of aliphatic hydroxyl groups is 4. The Labute approximate surface area is 160 Å². The average Bonchev–Trinajstić information content (AvgIpc) is 2.90. The van der Waals surface area contributed by atoms with Crippen LogP contribution in [-0.4, -0.2) is 79.8 Å². The van der Waals surface area contributed by atoms with Crippen molar-refractivity contribution < 1.29 is 30.0 Å². The molecule has 3 rings (SSSR count). The highest BCUT2D eigenvalue weighted by molar-refractivity contribution is 5.80. The van der Waals surface area contributed by atoms with E-state index in [4.69, 9.17) is 5.26 Å². The molecule has 0 spiro atoms. The smallest absolute Gasteiger partial charge is 0.322 e. The second-order valence-corrected chi connectivity index (χ2v) is 7.18. The summed E-state index contributed by atoms with van der Waals surface area (Å²) in [5.41, 5.74) is -3.70. The fraction of sp³-hybridized carbons (Fsp3) is 0.562. The molecule has 3 amide bonds. The molecular weight excluding hydrogens is 372 g/mol. The van der Waals surface area contributed by atoms with E-state index in [0.29, 0.717) is 0 Å². The minimum Gasteiger partial charge on any atom is -0.503 e. The van der Waals surface area contributed by atoms with Gasteiger partial charge in [-0.3, -0.25) is 10.1 Å². The Hall–Kier alpha value is -3.17. The number of fused-ring (bicyclic) bond motifs is 1. The second-order valence-electron chi connectivity index (χ2n) is 7.18. The molecule has 12 heteroatoms. The van der Waals surface area contributed by atoms with Crippen LogP contribution >= 0.6 is 0 Å². The molecule has 1 saturated heterocycles. The number of aliphatic hydroxyl groups excluding tert-OH is 2. The molecule has 0 aromatic heterocycles. The number of carbonyl (C=O) groups excluding carboxylic acids is 2. The fourth-order valence-electron chi connectivity index (χ4n) is 3.62. The van der Waals surface area contributed by atoms with Crippen LogP contribution in [0.4, 0.5) is 4.79 Å². The van der Waals surface area contributed by atoms with Gasteiger partial charge in [-0.25, -0.2) is 4.79 Å². The van der Waals surface area contributed by atoms with E-state index in [9.17, 15) is 30.0 Å². The Morgan fingerprint density at radius 1 is 1.39 bits per heavy atom. The Balaban J connectivity index is 2.02. The van der Waals surface area contributed by atoms with E-state index in [2.05, 4.69) is 16.0 Å². The van der Waals surface area contributed by atoms with Crippen molar-refractivity contribution in [2.24, 2.45) is 0 Å². The largest absolute Gasteiger partial charge is 0.503 e. The Morgan fingerprint density at radius 3 is 2.71 bits per heavy atom. The summed E-state index contributed by atoms with van der Waals surface area (Å²) in [6.07, 6.45) is -1.31. The van der Waals surface area contributed by atoms with Crippen molar-refractivity contribution in [2.75, 3.05) is 20.1 Å². The minimum atomic E-state index is -2.06. The first-order valence-electron chi connectivity index (χ1n) is 8.56. The number of nitriles is 1. The zero-order valence-corrected chi connectivity index (χ0v) is 15.4. The summed E-state index contributed by atoms with van der Waals surface area (Å²) in [6.45, 7) is 1.19. The van der Waals surface area contributed by atoms with Crippen LogP contribution in [0.2, 0.25) is 0 Å². The van der Waals surface area contributed by atoms with Gasteiger partial charge in [-0.1, -0.05) is 0 Å². The van der Waals surface area contributed by atoms with Crippen LogP contribution in [0, 0.1) is 11.3 Å². The lowest BCUT2D eigenvalue weighted by Crippen LogP contribution is -2.72. The Morgan fingerprint density at radius 2 is 2.07 bits per heavy atom. The number of nitrogens with zero attached hydrogens (tertiary/aromatic N) is 3. The van der Waals surface area contributed by atoms with Gasteiger partial charge in [0.1, 0.15) is 24.0 Å². The van der Waals surface area contributed by atoms with Gasteiger partial charge in [-0.15, -0.1) is 0 Å². The van der Waals surface area contributed by atoms with Crippen molar-refractivity contribution in [3.63, 3.8) is 0 Å². The topological polar surface area (TPSA) is 181 Å². The van der Waals surface area contributed by atoms with E-state index in [1.807, 2.05) is 0 Å². The third kappa shape index (κ3) is 2.85.